The Bertz CT molecular complexity index is 3760. The van der Waals surface area contributed by atoms with Gasteiger partial charge >= 0.3 is 0 Å². The van der Waals surface area contributed by atoms with Crippen LogP contribution >= 0.6 is 0 Å². The summed E-state index contributed by atoms with van der Waals surface area (Å²) in [4.78, 5) is 10.6. The molecule has 0 bridgehead atoms. The number of nitrogens with zero attached hydrogens (tertiary/aromatic N) is 3. The molecule has 0 saturated heterocycles. The van der Waals surface area contributed by atoms with Crippen molar-refractivity contribution in [1.82, 2.24) is 14.5 Å². The van der Waals surface area contributed by atoms with Gasteiger partial charge in [0.2, 0.25) is 5.95 Å². The zero-order valence-electron chi connectivity index (χ0n) is 34.0. The first kappa shape index (κ1) is 34.4. The number of hydrogen-bond donors (Lipinski definition) is 0. The maximum Gasteiger partial charge on any atom is 0.235 e. The third kappa shape index (κ3) is 4.75. The van der Waals surface area contributed by atoms with Crippen molar-refractivity contribution < 1.29 is 4.42 Å². The van der Waals surface area contributed by atoms with Crippen molar-refractivity contribution in [2.45, 2.75) is 5.41 Å². The van der Waals surface area contributed by atoms with E-state index in [1.54, 1.807) is 0 Å². The van der Waals surface area contributed by atoms with Crippen LogP contribution in [0.4, 0.5) is 0 Å². The van der Waals surface area contributed by atoms with Crippen molar-refractivity contribution >= 4 is 43.7 Å². The Morgan fingerprint density at radius 3 is 1.52 bits per heavy atom. The second-order valence-electron chi connectivity index (χ2n) is 16.8. The maximum absolute atomic E-state index is 6.81. The summed E-state index contributed by atoms with van der Waals surface area (Å²) in [6, 6.07) is 76.4. The van der Waals surface area contributed by atoms with Crippen LogP contribution in [0.5, 0.6) is 0 Å². The van der Waals surface area contributed by atoms with Crippen LogP contribution in [-0.2, 0) is 5.41 Å². The molecule has 14 rings (SSSR count). The molecular formula is C59H35N3O. The number of para-hydroxylation sites is 1. The van der Waals surface area contributed by atoms with Crippen LogP contribution in [0, 0.1) is 0 Å². The van der Waals surface area contributed by atoms with Crippen molar-refractivity contribution in [3.05, 3.63) is 235 Å². The molecule has 0 saturated carbocycles. The molecule has 292 valence electrons. The molecule has 63 heavy (non-hydrogen) atoms. The number of fused-ring (bicyclic) bond motifs is 16. The summed E-state index contributed by atoms with van der Waals surface area (Å²) >= 11 is 0. The van der Waals surface area contributed by atoms with E-state index < -0.39 is 5.41 Å². The molecule has 2 aliphatic carbocycles. The molecule has 12 aromatic rings. The zero-order valence-corrected chi connectivity index (χ0v) is 34.0. The van der Waals surface area contributed by atoms with Crippen LogP contribution in [0.25, 0.3) is 106 Å². The van der Waals surface area contributed by atoms with E-state index in [0.29, 0.717) is 5.95 Å². The molecule has 0 radical (unpaired) electrons. The minimum atomic E-state index is -0.419. The van der Waals surface area contributed by atoms with Gasteiger partial charge in [-0.15, -0.1) is 0 Å². The summed E-state index contributed by atoms with van der Waals surface area (Å²) in [5.41, 5.74) is 19.9. The van der Waals surface area contributed by atoms with Crippen molar-refractivity contribution in [3.63, 3.8) is 0 Å². The quantitative estimate of drug-likeness (QED) is 0.178. The SMILES string of the molecule is c1ccc(-c2cc(-c3ccccc3)nc(-n3c4ccccc4c4ccc(-c5ccc6oc7cc8c(cc7c6c5)-c5ccccc5C85c6ccccc6-c6ccccc65)cc43)n2)cc1. The highest BCUT2D eigenvalue weighted by Gasteiger charge is 2.51. The lowest BCUT2D eigenvalue weighted by molar-refractivity contribution is 0.666. The Balaban J connectivity index is 0.962. The van der Waals surface area contributed by atoms with Gasteiger partial charge in [0.1, 0.15) is 11.2 Å². The van der Waals surface area contributed by atoms with E-state index in [-0.39, 0.29) is 0 Å². The fourth-order valence-corrected chi connectivity index (χ4v) is 11.0. The molecule has 4 nitrogen and oxygen atoms in total. The van der Waals surface area contributed by atoms with Crippen LogP contribution in [0.2, 0.25) is 0 Å². The van der Waals surface area contributed by atoms with E-state index >= 15 is 0 Å². The van der Waals surface area contributed by atoms with Gasteiger partial charge in [0.25, 0.3) is 0 Å². The third-order valence-corrected chi connectivity index (χ3v) is 13.6. The van der Waals surface area contributed by atoms with Crippen LogP contribution in [0.3, 0.4) is 0 Å². The average molecular weight is 802 g/mol. The standard InChI is InChI=1S/C59H35N3O/c1-3-15-36(16-4-1)52-35-53(37-17-5-2-6-18-37)61-58(60-52)62-54-26-14-10-22-43(54)44-29-27-39(32-55(44)62)38-28-30-56-46(31-38)47-33-45-42-21-9-13-25-50(42)59(51(45)34-57(47)63-56)48-23-11-7-19-40(48)41-20-8-12-24-49(41)59/h1-35H. The zero-order chi connectivity index (χ0) is 41.2. The second kappa shape index (κ2) is 12.8. The van der Waals surface area contributed by atoms with Gasteiger partial charge in [0.05, 0.1) is 27.8 Å². The third-order valence-electron chi connectivity index (χ3n) is 13.6. The summed E-state index contributed by atoms with van der Waals surface area (Å²) in [5, 5.41) is 4.52. The summed E-state index contributed by atoms with van der Waals surface area (Å²) in [7, 11) is 0. The first-order valence-corrected chi connectivity index (χ1v) is 21.6. The van der Waals surface area contributed by atoms with Gasteiger partial charge in [-0.05, 0) is 98.1 Å². The first-order valence-electron chi connectivity index (χ1n) is 21.6. The van der Waals surface area contributed by atoms with E-state index in [1.165, 1.54) is 44.5 Å². The fourth-order valence-electron chi connectivity index (χ4n) is 11.0. The minimum absolute atomic E-state index is 0.419. The molecule has 3 aromatic heterocycles. The summed E-state index contributed by atoms with van der Waals surface area (Å²) in [5.74, 6) is 0.634. The average Bonchev–Trinajstić information content (AvgIpc) is 4.06. The maximum atomic E-state index is 6.81. The fraction of sp³-hybridized carbons (Fsp3) is 0.0169. The van der Waals surface area contributed by atoms with Gasteiger partial charge < -0.3 is 4.42 Å². The molecule has 0 N–H and O–H groups in total. The molecule has 0 aliphatic heterocycles. The van der Waals surface area contributed by atoms with Crippen molar-refractivity contribution in [1.29, 1.82) is 0 Å². The van der Waals surface area contributed by atoms with Crippen molar-refractivity contribution in [2.75, 3.05) is 0 Å². The van der Waals surface area contributed by atoms with Crippen molar-refractivity contribution in [3.8, 4) is 61.8 Å². The van der Waals surface area contributed by atoms with E-state index in [2.05, 4.69) is 205 Å². The topological polar surface area (TPSA) is 43.9 Å². The Labute approximate surface area is 363 Å². The highest BCUT2D eigenvalue weighted by Crippen LogP contribution is 2.63. The number of benzene rings is 9. The number of furan rings is 1. The molecular weight excluding hydrogens is 767 g/mol. The Morgan fingerprint density at radius 2 is 0.857 bits per heavy atom. The summed E-state index contributed by atoms with van der Waals surface area (Å²) in [6.45, 7) is 0. The van der Waals surface area contributed by atoms with Gasteiger partial charge in [0, 0.05) is 32.7 Å². The van der Waals surface area contributed by atoms with Crippen LogP contribution < -0.4 is 0 Å². The molecule has 2 aliphatic rings. The normalized spacial score (nSPS) is 13.2. The number of hydrogen-bond acceptors (Lipinski definition) is 3. The smallest absolute Gasteiger partial charge is 0.235 e. The van der Waals surface area contributed by atoms with Crippen molar-refractivity contribution in [2.24, 2.45) is 0 Å². The van der Waals surface area contributed by atoms with E-state index in [9.17, 15) is 0 Å². The molecule has 0 unspecified atom stereocenters. The lowest BCUT2D eigenvalue weighted by Crippen LogP contribution is -2.25. The van der Waals surface area contributed by atoms with Crippen LogP contribution in [0.1, 0.15) is 22.3 Å². The molecule has 0 atom stereocenters. The summed E-state index contributed by atoms with van der Waals surface area (Å²) in [6.07, 6.45) is 0. The molecule has 3 heterocycles. The molecule has 1 spiro atoms. The molecule has 4 heteroatoms. The Hall–Kier alpha value is -8.34. The first-order chi connectivity index (χ1) is 31.2. The van der Waals surface area contributed by atoms with Gasteiger partial charge in [-0.1, -0.05) is 170 Å². The highest BCUT2D eigenvalue weighted by atomic mass is 16.3. The van der Waals surface area contributed by atoms with E-state index in [1.807, 2.05) is 12.1 Å². The minimum Gasteiger partial charge on any atom is -0.456 e. The Morgan fingerprint density at radius 1 is 0.333 bits per heavy atom. The van der Waals surface area contributed by atoms with Crippen LogP contribution in [0.15, 0.2) is 217 Å². The Kier molecular flexibility index (Phi) is 7.01. The van der Waals surface area contributed by atoms with Crippen LogP contribution in [-0.4, -0.2) is 14.5 Å². The monoisotopic (exact) mass is 801 g/mol. The van der Waals surface area contributed by atoms with Gasteiger partial charge in [-0.3, -0.25) is 4.57 Å². The molecule has 0 fully saturated rings. The number of rotatable bonds is 4. The molecule has 0 amide bonds. The molecule has 9 aromatic carbocycles. The van der Waals surface area contributed by atoms with Gasteiger partial charge in [-0.2, -0.15) is 0 Å². The number of aromatic nitrogens is 3. The lowest BCUT2D eigenvalue weighted by atomic mass is 9.70. The lowest BCUT2D eigenvalue weighted by Gasteiger charge is -2.30. The largest absolute Gasteiger partial charge is 0.456 e. The van der Waals surface area contributed by atoms with E-state index in [4.69, 9.17) is 14.4 Å². The van der Waals surface area contributed by atoms with Gasteiger partial charge in [0.15, 0.2) is 0 Å². The van der Waals surface area contributed by atoms with Gasteiger partial charge in [-0.25, -0.2) is 9.97 Å². The summed E-state index contributed by atoms with van der Waals surface area (Å²) < 4.78 is 9.04. The predicted octanol–water partition coefficient (Wildman–Crippen LogP) is 14.8. The highest BCUT2D eigenvalue weighted by molar-refractivity contribution is 6.12. The second-order valence-corrected chi connectivity index (χ2v) is 16.8. The predicted molar refractivity (Wildman–Crippen MR) is 256 cm³/mol. The van der Waals surface area contributed by atoms with E-state index in [0.717, 1.165) is 77.4 Å².